The molecule has 0 bridgehead atoms. The van der Waals surface area contributed by atoms with Crippen LogP contribution in [0, 0.1) is 0 Å². The third-order valence-electron chi connectivity index (χ3n) is 2.57. The molecule has 0 radical (unpaired) electrons. The highest BCUT2D eigenvalue weighted by molar-refractivity contribution is 6.30. The van der Waals surface area contributed by atoms with Crippen LogP contribution in [-0.4, -0.2) is 19.4 Å². The molecule has 7 heteroatoms. The topological polar surface area (TPSA) is 78.7 Å². The molecule has 0 fully saturated rings. The number of aromatic nitrogens is 4. The summed E-state index contributed by atoms with van der Waals surface area (Å²) in [6.45, 7) is 0. The maximum Gasteiger partial charge on any atom is 0.282 e. The number of nitrogen functional groups attached to an aromatic ring is 1. The molecule has 90 valence electrons. The second kappa shape index (κ2) is 3.85. The van der Waals surface area contributed by atoms with Gasteiger partial charge in [0, 0.05) is 5.02 Å². The fourth-order valence-corrected chi connectivity index (χ4v) is 1.91. The Hall–Kier alpha value is -2.34. The first-order chi connectivity index (χ1) is 8.66. The average Bonchev–Trinajstić information content (AvgIpc) is 2.78. The molecule has 0 saturated heterocycles. The van der Waals surface area contributed by atoms with Crippen LogP contribution in [0.15, 0.2) is 41.6 Å². The van der Waals surface area contributed by atoms with E-state index in [0.29, 0.717) is 16.1 Å². The second-order valence-electron chi connectivity index (χ2n) is 3.73. The third kappa shape index (κ3) is 1.54. The van der Waals surface area contributed by atoms with Crippen molar-refractivity contribution < 1.29 is 0 Å². The molecule has 0 saturated carbocycles. The zero-order chi connectivity index (χ0) is 12.7. The predicted octanol–water partition coefficient (Wildman–Crippen LogP) is 0.949. The molecule has 0 aliphatic carbocycles. The molecule has 2 N–H and O–H groups in total. The van der Waals surface area contributed by atoms with Gasteiger partial charge in [-0.25, -0.2) is 14.3 Å². The zero-order valence-corrected chi connectivity index (χ0v) is 9.87. The maximum absolute atomic E-state index is 11.8. The van der Waals surface area contributed by atoms with Crippen LogP contribution in [0.3, 0.4) is 0 Å². The van der Waals surface area contributed by atoms with Gasteiger partial charge in [-0.05, 0) is 18.2 Å². The molecule has 3 rings (SSSR count). The van der Waals surface area contributed by atoms with E-state index < -0.39 is 0 Å². The van der Waals surface area contributed by atoms with Gasteiger partial charge < -0.3 is 5.84 Å². The Morgan fingerprint density at radius 3 is 2.94 bits per heavy atom. The number of fused-ring (bicyclic) bond motifs is 1. The van der Waals surface area contributed by atoms with Crippen molar-refractivity contribution in [2.45, 2.75) is 0 Å². The van der Waals surface area contributed by atoms with E-state index in [2.05, 4.69) is 10.1 Å². The minimum atomic E-state index is -0.340. The van der Waals surface area contributed by atoms with Crippen molar-refractivity contribution in [1.82, 2.24) is 19.4 Å². The fourth-order valence-electron chi connectivity index (χ4n) is 1.72. The van der Waals surface area contributed by atoms with Crippen LogP contribution in [-0.2, 0) is 0 Å². The van der Waals surface area contributed by atoms with Gasteiger partial charge in [-0.15, -0.1) is 0 Å². The van der Waals surface area contributed by atoms with E-state index in [9.17, 15) is 4.79 Å². The third-order valence-corrected chi connectivity index (χ3v) is 2.80. The number of hydrogen-bond acceptors (Lipinski definition) is 4. The van der Waals surface area contributed by atoms with E-state index in [1.807, 2.05) is 6.07 Å². The monoisotopic (exact) mass is 261 g/mol. The van der Waals surface area contributed by atoms with Crippen molar-refractivity contribution in [1.29, 1.82) is 0 Å². The minimum absolute atomic E-state index is 0.340. The summed E-state index contributed by atoms with van der Waals surface area (Å²) in [5.41, 5.74) is 0.844. The molecule has 0 unspecified atom stereocenters. The van der Waals surface area contributed by atoms with E-state index in [1.54, 1.807) is 22.9 Å². The van der Waals surface area contributed by atoms with Gasteiger partial charge >= 0.3 is 0 Å². The quantitative estimate of drug-likeness (QED) is 0.662. The highest BCUT2D eigenvalue weighted by Gasteiger charge is 2.10. The van der Waals surface area contributed by atoms with Gasteiger partial charge in [0.15, 0.2) is 5.65 Å². The molecule has 0 amide bonds. The van der Waals surface area contributed by atoms with E-state index >= 15 is 0 Å². The van der Waals surface area contributed by atoms with Crippen LogP contribution in [0.25, 0.3) is 16.7 Å². The summed E-state index contributed by atoms with van der Waals surface area (Å²) in [5, 5.41) is 5.08. The van der Waals surface area contributed by atoms with Gasteiger partial charge in [0.05, 0.1) is 11.9 Å². The summed E-state index contributed by atoms with van der Waals surface area (Å²) in [7, 11) is 0. The summed E-state index contributed by atoms with van der Waals surface area (Å²) in [6.07, 6.45) is 2.70. The summed E-state index contributed by atoms with van der Waals surface area (Å²) in [5.74, 6) is 5.44. The summed E-state index contributed by atoms with van der Waals surface area (Å²) >= 11 is 5.92. The number of nitrogens with zero attached hydrogens (tertiary/aromatic N) is 4. The van der Waals surface area contributed by atoms with E-state index in [-0.39, 0.29) is 5.56 Å². The first kappa shape index (κ1) is 10.8. The highest BCUT2D eigenvalue weighted by atomic mass is 35.5. The molecule has 6 nitrogen and oxygen atoms in total. The van der Waals surface area contributed by atoms with Crippen LogP contribution in [0.1, 0.15) is 0 Å². The lowest BCUT2D eigenvalue weighted by Crippen LogP contribution is -2.26. The SMILES string of the molecule is Nn1cnc2c(cnn2-c2cccc(Cl)c2)c1=O. The van der Waals surface area contributed by atoms with Gasteiger partial charge in [0.2, 0.25) is 0 Å². The molecule has 0 spiro atoms. The van der Waals surface area contributed by atoms with Crippen LogP contribution in [0.5, 0.6) is 0 Å². The number of nitrogens with two attached hydrogens (primary N) is 1. The fraction of sp³-hybridized carbons (Fsp3) is 0. The number of hydrogen-bond donors (Lipinski definition) is 1. The molecule has 3 aromatic rings. The molecule has 2 aromatic heterocycles. The second-order valence-corrected chi connectivity index (χ2v) is 4.17. The van der Waals surface area contributed by atoms with E-state index in [1.165, 1.54) is 12.5 Å². The van der Waals surface area contributed by atoms with Gasteiger partial charge in [-0.3, -0.25) is 4.79 Å². The Morgan fingerprint density at radius 1 is 1.33 bits per heavy atom. The smallest absolute Gasteiger partial charge is 0.282 e. The minimum Gasteiger partial charge on any atom is -0.335 e. The van der Waals surface area contributed by atoms with Crippen molar-refractivity contribution in [3.8, 4) is 5.69 Å². The number of rotatable bonds is 1. The van der Waals surface area contributed by atoms with Gasteiger partial charge in [0.25, 0.3) is 5.56 Å². The number of benzene rings is 1. The molecule has 1 aromatic carbocycles. The van der Waals surface area contributed by atoms with E-state index in [4.69, 9.17) is 17.4 Å². The van der Waals surface area contributed by atoms with Crippen LogP contribution in [0.4, 0.5) is 0 Å². The van der Waals surface area contributed by atoms with Gasteiger partial charge in [-0.1, -0.05) is 17.7 Å². The Kier molecular flexibility index (Phi) is 2.31. The first-order valence-corrected chi connectivity index (χ1v) is 5.51. The Labute approximate surface area is 106 Å². The Balaban J connectivity index is 2.32. The lowest BCUT2D eigenvalue weighted by atomic mass is 10.3. The van der Waals surface area contributed by atoms with E-state index in [0.717, 1.165) is 10.4 Å². The number of halogens is 1. The first-order valence-electron chi connectivity index (χ1n) is 5.13. The summed E-state index contributed by atoms with van der Waals surface area (Å²) in [4.78, 5) is 15.9. The molecule has 2 heterocycles. The largest absolute Gasteiger partial charge is 0.335 e. The highest BCUT2D eigenvalue weighted by Crippen LogP contribution is 2.17. The van der Waals surface area contributed by atoms with Gasteiger partial charge in [-0.2, -0.15) is 5.10 Å². The predicted molar refractivity (Wildman–Crippen MR) is 68.3 cm³/mol. The standard InChI is InChI=1S/C11H8ClN5O/c12-7-2-1-3-8(4-7)17-10-9(5-15-17)11(18)16(13)6-14-10/h1-6H,13H2. The lowest BCUT2D eigenvalue weighted by Gasteiger charge is -2.03. The van der Waals surface area contributed by atoms with Gasteiger partial charge in [0.1, 0.15) is 11.7 Å². The zero-order valence-electron chi connectivity index (χ0n) is 9.12. The molecule has 0 aliphatic heterocycles. The van der Waals surface area contributed by atoms with Crippen molar-refractivity contribution >= 4 is 22.6 Å². The molecular formula is C11H8ClN5O. The normalized spacial score (nSPS) is 10.9. The Bertz CT molecular complexity index is 791. The van der Waals surface area contributed by atoms with Crippen LogP contribution >= 0.6 is 11.6 Å². The molecule has 0 atom stereocenters. The Morgan fingerprint density at radius 2 is 2.17 bits per heavy atom. The van der Waals surface area contributed by atoms with Crippen molar-refractivity contribution in [2.75, 3.05) is 5.84 Å². The molecular weight excluding hydrogens is 254 g/mol. The molecule has 0 aliphatic rings. The lowest BCUT2D eigenvalue weighted by molar-refractivity contribution is 0.874. The summed E-state index contributed by atoms with van der Waals surface area (Å²) < 4.78 is 2.47. The van der Waals surface area contributed by atoms with Crippen LogP contribution < -0.4 is 11.4 Å². The maximum atomic E-state index is 11.8. The summed E-state index contributed by atoms with van der Waals surface area (Å²) in [6, 6.07) is 7.13. The van der Waals surface area contributed by atoms with Crippen molar-refractivity contribution in [3.05, 3.63) is 52.2 Å². The average molecular weight is 262 g/mol. The van der Waals surface area contributed by atoms with Crippen molar-refractivity contribution in [2.24, 2.45) is 0 Å². The van der Waals surface area contributed by atoms with Crippen molar-refractivity contribution in [3.63, 3.8) is 0 Å². The van der Waals surface area contributed by atoms with Crippen LogP contribution in [0.2, 0.25) is 5.02 Å². The molecule has 18 heavy (non-hydrogen) atoms.